The van der Waals surface area contributed by atoms with Crippen molar-refractivity contribution in [3.05, 3.63) is 54.6 Å². The molecule has 0 bridgehead atoms. The molecule has 3 nitrogen and oxygen atoms in total. The van der Waals surface area contributed by atoms with E-state index < -0.39 is 0 Å². The van der Waals surface area contributed by atoms with Gasteiger partial charge in [0.2, 0.25) is 0 Å². The van der Waals surface area contributed by atoms with Gasteiger partial charge in [-0.15, -0.1) is 0 Å². The van der Waals surface area contributed by atoms with Crippen LogP contribution in [0.5, 0.6) is 5.75 Å². The van der Waals surface area contributed by atoms with Crippen LogP contribution in [-0.2, 0) is 0 Å². The van der Waals surface area contributed by atoms with Gasteiger partial charge in [-0.1, -0.05) is 24.3 Å². The maximum Gasteiger partial charge on any atom is 0.159 e. The lowest BCUT2D eigenvalue weighted by Gasteiger charge is -1.98. The van der Waals surface area contributed by atoms with Gasteiger partial charge in [0.15, 0.2) is 5.82 Å². The van der Waals surface area contributed by atoms with Crippen molar-refractivity contribution >= 4 is 6.21 Å². The Bertz CT molecular complexity index is 366. The van der Waals surface area contributed by atoms with Gasteiger partial charge in [0, 0.05) is 6.21 Å². The van der Waals surface area contributed by atoms with Gasteiger partial charge >= 0.3 is 0 Å². The van der Waals surface area contributed by atoms with Crippen molar-refractivity contribution in [3.8, 4) is 5.75 Å². The van der Waals surface area contributed by atoms with Crippen molar-refractivity contribution in [2.24, 2.45) is 10.7 Å². The number of nitrogens with zero attached hydrogens (tertiary/aromatic N) is 1. The Hall–Kier alpha value is -2.03. The highest BCUT2D eigenvalue weighted by molar-refractivity contribution is 5.71. The Labute approximate surface area is 89.6 Å². The first kappa shape index (κ1) is 11.0. The number of hydrogen-bond acceptors (Lipinski definition) is 3. The minimum atomic E-state index is 0.331. The molecule has 0 amide bonds. The second kappa shape index (κ2) is 6.43. The fraction of sp³-hybridized carbons (Fsp3) is 0.0833. The number of nitrogens with two attached hydrogens (primary N) is 1. The molecule has 0 aliphatic carbocycles. The maximum atomic E-state index is 5.57. The molecular formula is C12H14N2O. The van der Waals surface area contributed by atoms with Gasteiger partial charge in [0.25, 0.3) is 0 Å². The largest absolute Gasteiger partial charge is 0.461 e. The summed E-state index contributed by atoms with van der Waals surface area (Å²) in [5.41, 5.74) is 5.57. The highest BCUT2D eigenvalue weighted by Crippen LogP contribution is 2.08. The van der Waals surface area contributed by atoms with Gasteiger partial charge in [-0.3, -0.25) is 0 Å². The minimum absolute atomic E-state index is 0.331. The van der Waals surface area contributed by atoms with Crippen molar-refractivity contribution in [3.63, 3.8) is 0 Å². The molecule has 78 valence electrons. The fourth-order valence-electron chi connectivity index (χ4n) is 0.873. The lowest BCUT2D eigenvalue weighted by molar-refractivity contribution is 0.474. The third-order valence-corrected chi connectivity index (χ3v) is 1.56. The fourth-order valence-corrected chi connectivity index (χ4v) is 0.873. The van der Waals surface area contributed by atoms with E-state index in [0.717, 1.165) is 5.75 Å². The van der Waals surface area contributed by atoms with Crippen molar-refractivity contribution < 1.29 is 4.74 Å². The molecule has 0 aromatic heterocycles. The first-order chi connectivity index (χ1) is 7.33. The van der Waals surface area contributed by atoms with Gasteiger partial charge in [-0.2, -0.15) is 0 Å². The van der Waals surface area contributed by atoms with E-state index >= 15 is 0 Å². The zero-order valence-electron chi connectivity index (χ0n) is 8.63. The third-order valence-electron chi connectivity index (χ3n) is 1.56. The van der Waals surface area contributed by atoms with Crippen LogP contribution in [0.2, 0.25) is 0 Å². The zero-order valence-corrected chi connectivity index (χ0v) is 8.63. The molecule has 0 fully saturated rings. The van der Waals surface area contributed by atoms with Crippen LogP contribution < -0.4 is 10.5 Å². The Morgan fingerprint density at radius 3 is 2.73 bits per heavy atom. The summed E-state index contributed by atoms with van der Waals surface area (Å²) in [4.78, 5) is 3.93. The Morgan fingerprint density at radius 1 is 1.33 bits per heavy atom. The standard InChI is InChI=1S/C12H14N2O/c1-2-3-9-14-12(13)10-15-11-7-5-4-6-8-11/h2-10H,13H2,1H3/b3-2-,12-10+,14-9-. The average Bonchev–Trinajstić information content (AvgIpc) is 2.28. The van der Waals surface area contributed by atoms with Gasteiger partial charge in [-0.05, 0) is 25.1 Å². The molecule has 0 heterocycles. The van der Waals surface area contributed by atoms with Gasteiger partial charge in [0.1, 0.15) is 12.0 Å². The number of benzene rings is 1. The summed E-state index contributed by atoms with van der Waals surface area (Å²) < 4.78 is 5.27. The molecule has 1 aromatic rings. The summed E-state index contributed by atoms with van der Waals surface area (Å²) in [5, 5.41) is 0. The third kappa shape index (κ3) is 4.67. The summed E-state index contributed by atoms with van der Waals surface area (Å²) in [6.07, 6.45) is 6.69. The Kier molecular flexibility index (Phi) is 4.73. The van der Waals surface area contributed by atoms with E-state index in [2.05, 4.69) is 4.99 Å². The Balaban J connectivity index is 2.51. The molecule has 3 heteroatoms. The molecule has 0 atom stereocenters. The molecule has 0 unspecified atom stereocenters. The summed E-state index contributed by atoms with van der Waals surface area (Å²) in [5.74, 6) is 1.07. The van der Waals surface area contributed by atoms with Crippen LogP contribution in [0.25, 0.3) is 0 Å². The summed E-state index contributed by atoms with van der Waals surface area (Å²) in [6, 6.07) is 9.40. The van der Waals surface area contributed by atoms with E-state index in [4.69, 9.17) is 10.5 Å². The van der Waals surface area contributed by atoms with Crippen molar-refractivity contribution in [1.29, 1.82) is 0 Å². The van der Waals surface area contributed by atoms with Crippen LogP contribution in [0.15, 0.2) is 59.6 Å². The van der Waals surface area contributed by atoms with E-state index in [9.17, 15) is 0 Å². The maximum absolute atomic E-state index is 5.57. The lowest BCUT2D eigenvalue weighted by Crippen LogP contribution is -1.96. The lowest BCUT2D eigenvalue weighted by atomic mass is 10.3. The molecule has 0 saturated carbocycles. The highest BCUT2D eigenvalue weighted by atomic mass is 16.5. The van der Waals surface area contributed by atoms with Gasteiger partial charge < -0.3 is 10.5 Å². The number of aliphatic imine (C=N–C) groups is 1. The number of allylic oxidation sites excluding steroid dienone is 2. The molecule has 0 saturated heterocycles. The molecule has 0 spiro atoms. The first-order valence-electron chi connectivity index (χ1n) is 4.65. The van der Waals surface area contributed by atoms with Crippen LogP contribution in [0, 0.1) is 0 Å². The topological polar surface area (TPSA) is 47.6 Å². The van der Waals surface area contributed by atoms with Gasteiger partial charge in [-0.25, -0.2) is 4.99 Å². The summed E-state index contributed by atoms with van der Waals surface area (Å²) in [7, 11) is 0. The number of rotatable bonds is 4. The summed E-state index contributed by atoms with van der Waals surface area (Å²) >= 11 is 0. The average molecular weight is 202 g/mol. The van der Waals surface area contributed by atoms with Crippen LogP contribution >= 0.6 is 0 Å². The van der Waals surface area contributed by atoms with Crippen LogP contribution in [0.1, 0.15) is 6.92 Å². The number of para-hydroxylation sites is 1. The molecule has 2 N–H and O–H groups in total. The first-order valence-corrected chi connectivity index (χ1v) is 4.65. The van der Waals surface area contributed by atoms with E-state index in [-0.39, 0.29) is 0 Å². The predicted molar refractivity (Wildman–Crippen MR) is 62.6 cm³/mol. The van der Waals surface area contributed by atoms with Crippen molar-refractivity contribution in [2.45, 2.75) is 6.92 Å². The molecule has 1 aromatic carbocycles. The van der Waals surface area contributed by atoms with Crippen LogP contribution in [0.3, 0.4) is 0 Å². The highest BCUT2D eigenvalue weighted by Gasteiger charge is 1.88. The van der Waals surface area contributed by atoms with Gasteiger partial charge in [0.05, 0.1) is 0 Å². The van der Waals surface area contributed by atoms with Crippen LogP contribution in [0.4, 0.5) is 0 Å². The molecule has 0 aliphatic rings. The predicted octanol–water partition coefficient (Wildman–Crippen LogP) is 2.47. The van der Waals surface area contributed by atoms with E-state index in [1.54, 1.807) is 12.3 Å². The smallest absolute Gasteiger partial charge is 0.159 e. The minimum Gasteiger partial charge on any atom is -0.461 e. The number of ether oxygens (including phenoxy) is 1. The second-order valence-electron chi connectivity index (χ2n) is 2.78. The molecule has 0 aliphatic heterocycles. The van der Waals surface area contributed by atoms with E-state index in [1.807, 2.05) is 43.3 Å². The zero-order chi connectivity index (χ0) is 10.9. The number of hydrogen-bond donors (Lipinski definition) is 1. The SMILES string of the molecule is C\C=C/C=N\C(N)=C\Oc1ccccc1. The monoisotopic (exact) mass is 202 g/mol. The van der Waals surface area contributed by atoms with E-state index in [1.165, 1.54) is 6.26 Å². The summed E-state index contributed by atoms with van der Waals surface area (Å²) in [6.45, 7) is 1.91. The molecule has 0 radical (unpaired) electrons. The van der Waals surface area contributed by atoms with Crippen LogP contribution in [-0.4, -0.2) is 6.21 Å². The van der Waals surface area contributed by atoms with Crippen molar-refractivity contribution in [2.75, 3.05) is 0 Å². The van der Waals surface area contributed by atoms with E-state index in [0.29, 0.717) is 5.82 Å². The normalized spacial score (nSPS) is 12.5. The second-order valence-corrected chi connectivity index (χ2v) is 2.78. The molecular weight excluding hydrogens is 188 g/mol. The molecule has 1 rings (SSSR count). The van der Waals surface area contributed by atoms with Crippen molar-refractivity contribution in [1.82, 2.24) is 0 Å². The molecule has 15 heavy (non-hydrogen) atoms. The Morgan fingerprint density at radius 2 is 2.07 bits per heavy atom. The quantitative estimate of drug-likeness (QED) is 0.602.